The van der Waals surface area contributed by atoms with Crippen LogP contribution >= 0.6 is 0 Å². The maximum atomic E-state index is 11.7. The molecule has 0 aliphatic carbocycles. The molecule has 0 radical (unpaired) electrons. The molecule has 0 aliphatic rings. The maximum absolute atomic E-state index is 11.7. The quantitative estimate of drug-likeness (QED) is 0.471. The fraction of sp³-hybridized carbons (Fsp3) is 0.250. The predicted molar refractivity (Wildman–Crippen MR) is 69.5 cm³/mol. The first-order chi connectivity index (χ1) is 8.88. The number of rotatable bonds is 6. The summed E-state index contributed by atoms with van der Waals surface area (Å²) in [5.41, 5.74) is 16.9. The van der Waals surface area contributed by atoms with Gasteiger partial charge < -0.3 is 22.5 Å². The highest BCUT2D eigenvalue weighted by Crippen LogP contribution is 2.06. The number of hydrogen-bond acceptors (Lipinski definition) is 4. The Morgan fingerprint density at radius 2 is 1.68 bits per heavy atom. The monoisotopic (exact) mass is 264 g/mol. The zero-order valence-corrected chi connectivity index (χ0v) is 10.3. The molecule has 7 heteroatoms. The lowest BCUT2D eigenvalue weighted by atomic mass is 10.1. The van der Waals surface area contributed by atoms with Crippen molar-refractivity contribution in [3.8, 4) is 0 Å². The van der Waals surface area contributed by atoms with Crippen LogP contribution in [0.15, 0.2) is 24.3 Å². The van der Waals surface area contributed by atoms with Gasteiger partial charge in [0.25, 0.3) is 0 Å². The highest BCUT2D eigenvalue weighted by atomic mass is 16.2. The summed E-state index contributed by atoms with van der Waals surface area (Å²) in [7, 11) is 0. The Morgan fingerprint density at radius 3 is 2.16 bits per heavy atom. The zero-order chi connectivity index (χ0) is 14.4. The van der Waals surface area contributed by atoms with E-state index in [-0.39, 0.29) is 12.8 Å². The molecule has 0 spiro atoms. The first-order valence-corrected chi connectivity index (χ1v) is 5.60. The van der Waals surface area contributed by atoms with Gasteiger partial charge in [0.1, 0.15) is 6.04 Å². The second-order valence-electron chi connectivity index (χ2n) is 4.11. The van der Waals surface area contributed by atoms with Crippen molar-refractivity contribution in [3.05, 3.63) is 29.8 Å². The molecule has 1 aromatic rings. The number of nitrogens with one attached hydrogen (secondary N) is 1. The van der Waals surface area contributed by atoms with Crippen molar-refractivity contribution in [3.63, 3.8) is 0 Å². The summed E-state index contributed by atoms with van der Waals surface area (Å²) in [5.74, 6) is -1.93. The molecule has 0 bridgehead atoms. The zero-order valence-electron chi connectivity index (χ0n) is 10.3. The summed E-state index contributed by atoms with van der Waals surface area (Å²) < 4.78 is 0. The topological polar surface area (TPSA) is 141 Å². The minimum absolute atomic E-state index is 0.0584. The number of hydrogen-bond donors (Lipinski definition) is 4. The standard InChI is InChI=1S/C12H16N4O3/c13-8-3-1-7(2-4-8)5-11(18)16-9(12(15)19)6-10(14)17/h1-4,9H,5-6,13H2,(H2,14,17)(H2,15,19)(H,16,18). The first kappa shape index (κ1) is 14.5. The highest BCUT2D eigenvalue weighted by Gasteiger charge is 2.20. The number of anilines is 1. The van der Waals surface area contributed by atoms with E-state index in [1.54, 1.807) is 24.3 Å². The number of carbonyl (C=O) groups is 3. The number of nitrogens with two attached hydrogens (primary N) is 3. The van der Waals surface area contributed by atoms with Gasteiger partial charge in [0, 0.05) is 5.69 Å². The Labute approximate surface area is 110 Å². The van der Waals surface area contributed by atoms with E-state index in [1.165, 1.54) is 0 Å². The van der Waals surface area contributed by atoms with Crippen LogP contribution in [0.1, 0.15) is 12.0 Å². The van der Waals surface area contributed by atoms with Crippen LogP contribution in [0.4, 0.5) is 5.69 Å². The molecular weight excluding hydrogens is 248 g/mol. The molecule has 7 N–H and O–H groups in total. The molecule has 0 fully saturated rings. The van der Waals surface area contributed by atoms with Crippen LogP contribution in [0.5, 0.6) is 0 Å². The lowest BCUT2D eigenvalue weighted by Gasteiger charge is -2.13. The van der Waals surface area contributed by atoms with Crippen molar-refractivity contribution in [2.75, 3.05) is 5.73 Å². The minimum atomic E-state index is -1.08. The summed E-state index contributed by atoms with van der Waals surface area (Å²) in [6.07, 6.45) is -0.258. The summed E-state index contributed by atoms with van der Waals surface area (Å²) >= 11 is 0. The molecule has 1 aromatic carbocycles. The molecule has 0 saturated carbocycles. The van der Waals surface area contributed by atoms with E-state index in [4.69, 9.17) is 17.2 Å². The highest BCUT2D eigenvalue weighted by molar-refractivity contribution is 5.91. The van der Waals surface area contributed by atoms with Crippen molar-refractivity contribution < 1.29 is 14.4 Å². The van der Waals surface area contributed by atoms with Crippen molar-refractivity contribution in [1.29, 1.82) is 0 Å². The Balaban J connectivity index is 2.59. The first-order valence-electron chi connectivity index (χ1n) is 5.60. The van der Waals surface area contributed by atoms with Gasteiger partial charge >= 0.3 is 0 Å². The van der Waals surface area contributed by atoms with Crippen LogP contribution in [-0.2, 0) is 20.8 Å². The fourth-order valence-corrected chi connectivity index (χ4v) is 1.49. The summed E-state index contributed by atoms with van der Waals surface area (Å²) in [6.45, 7) is 0. The molecule has 102 valence electrons. The normalized spacial score (nSPS) is 11.6. The fourth-order valence-electron chi connectivity index (χ4n) is 1.49. The Morgan fingerprint density at radius 1 is 1.11 bits per heavy atom. The number of benzene rings is 1. The lowest BCUT2D eigenvalue weighted by molar-refractivity contribution is -0.129. The van der Waals surface area contributed by atoms with Gasteiger partial charge in [0.05, 0.1) is 12.8 Å². The maximum Gasteiger partial charge on any atom is 0.240 e. The average molecular weight is 264 g/mol. The number of amides is 3. The Kier molecular flexibility index (Phi) is 4.87. The van der Waals surface area contributed by atoms with E-state index >= 15 is 0 Å². The molecule has 0 aliphatic heterocycles. The molecule has 0 saturated heterocycles. The van der Waals surface area contributed by atoms with E-state index in [9.17, 15) is 14.4 Å². The third-order valence-corrected chi connectivity index (χ3v) is 2.43. The van der Waals surface area contributed by atoms with Crippen molar-refractivity contribution in [2.45, 2.75) is 18.9 Å². The van der Waals surface area contributed by atoms with Gasteiger partial charge in [0.15, 0.2) is 0 Å². The van der Waals surface area contributed by atoms with Gasteiger partial charge in [-0.25, -0.2) is 0 Å². The molecule has 7 nitrogen and oxygen atoms in total. The third-order valence-electron chi connectivity index (χ3n) is 2.43. The summed E-state index contributed by atoms with van der Waals surface area (Å²) in [6, 6.07) is 5.64. The predicted octanol–water partition coefficient (Wildman–Crippen LogP) is -1.34. The average Bonchev–Trinajstić information content (AvgIpc) is 2.30. The minimum Gasteiger partial charge on any atom is -0.399 e. The van der Waals surface area contributed by atoms with E-state index in [0.717, 1.165) is 5.56 Å². The van der Waals surface area contributed by atoms with Crippen molar-refractivity contribution in [2.24, 2.45) is 11.5 Å². The summed E-state index contributed by atoms with van der Waals surface area (Å²) in [5, 5.41) is 2.37. The van der Waals surface area contributed by atoms with Crippen LogP contribution in [0.25, 0.3) is 0 Å². The molecule has 1 rings (SSSR count). The lowest BCUT2D eigenvalue weighted by Crippen LogP contribution is -2.47. The van der Waals surface area contributed by atoms with E-state index in [2.05, 4.69) is 5.32 Å². The van der Waals surface area contributed by atoms with Crippen LogP contribution in [0.3, 0.4) is 0 Å². The number of nitrogen functional groups attached to an aromatic ring is 1. The SMILES string of the molecule is NC(=O)CC(NC(=O)Cc1ccc(N)cc1)C(N)=O. The second kappa shape index (κ2) is 6.39. The van der Waals surface area contributed by atoms with Crippen LogP contribution in [-0.4, -0.2) is 23.8 Å². The van der Waals surface area contributed by atoms with Crippen LogP contribution in [0, 0.1) is 0 Å². The van der Waals surface area contributed by atoms with Crippen molar-refractivity contribution in [1.82, 2.24) is 5.32 Å². The van der Waals surface area contributed by atoms with E-state index in [0.29, 0.717) is 5.69 Å². The van der Waals surface area contributed by atoms with Crippen LogP contribution < -0.4 is 22.5 Å². The summed E-state index contributed by atoms with van der Waals surface area (Å²) in [4.78, 5) is 33.5. The number of carbonyl (C=O) groups excluding carboxylic acids is 3. The molecule has 19 heavy (non-hydrogen) atoms. The third kappa shape index (κ3) is 5.07. The van der Waals surface area contributed by atoms with Crippen molar-refractivity contribution >= 4 is 23.4 Å². The van der Waals surface area contributed by atoms with Gasteiger partial charge in [0.2, 0.25) is 17.7 Å². The second-order valence-corrected chi connectivity index (χ2v) is 4.11. The largest absolute Gasteiger partial charge is 0.399 e. The van der Waals surface area contributed by atoms with Gasteiger partial charge in [-0.3, -0.25) is 14.4 Å². The molecular formula is C12H16N4O3. The van der Waals surface area contributed by atoms with Gasteiger partial charge in [-0.15, -0.1) is 0 Å². The van der Waals surface area contributed by atoms with Crippen LogP contribution in [0.2, 0.25) is 0 Å². The molecule has 0 heterocycles. The number of primary amides is 2. The Hall–Kier alpha value is -2.57. The molecule has 1 unspecified atom stereocenters. The van der Waals surface area contributed by atoms with Gasteiger partial charge in [-0.05, 0) is 17.7 Å². The molecule has 1 atom stereocenters. The van der Waals surface area contributed by atoms with Gasteiger partial charge in [-0.2, -0.15) is 0 Å². The van der Waals surface area contributed by atoms with E-state index in [1.807, 2.05) is 0 Å². The molecule has 0 aromatic heterocycles. The Bertz CT molecular complexity index is 484. The molecule has 3 amide bonds. The van der Waals surface area contributed by atoms with Gasteiger partial charge in [-0.1, -0.05) is 12.1 Å². The van der Waals surface area contributed by atoms with E-state index < -0.39 is 23.8 Å². The smallest absolute Gasteiger partial charge is 0.240 e.